The summed E-state index contributed by atoms with van der Waals surface area (Å²) in [6.45, 7) is 12.4. The Labute approximate surface area is 190 Å². The maximum absolute atomic E-state index is 14.8. The van der Waals surface area contributed by atoms with Crippen molar-refractivity contribution in [3.63, 3.8) is 0 Å². The number of benzene rings is 1. The largest absolute Gasteiger partial charge is 0.493 e. The average molecular weight is 450 g/mol. The molecule has 3 rings (SSSR count). The summed E-state index contributed by atoms with van der Waals surface area (Å²) < 4.78 is 31.7. The SMILES string of the molecule is CC(C)(C)OC(=O)c1cc(C2CC2)c(OCC2CCCN(C(=O)OC(C)(C)C)C2)cc1F. The number of nitrogens with zero attached hydrogens (tertiary/aromatic N) is 1. The van der Waals surface area contributed by atoms with Crippen LogP contribution in [0.4, 0.5) is 9.18 Å². The number of rotatable bonds is 5. The summed E-state index contributed by atoms with van der Waals surface area (Å²) in [5.74, 6) is -0.415. The maximum atomic E-state index is 14.8. The van der Waals surface area contributed by atoms with E-state index in [4.69, 9.17) is 14.2 Å². The normalized spacial score (nSPS) is 19.5. The Kier molecular flexibility index (Phi) is 7.06. The second kappa shape index (κ2) is 9.28. The molecule has 1 amide bonds. The van der Waals surface area contributed by atoms with Gasteiger partial charge in [-0.1, -0.05) is 0 Å². The van der Waals surface area contributed by atoms with Crippen molar-refractivity contribution in [3.05, 3.63) is 29.1 Å². The average Bonchev–Trinajstić information content (AvgIpc) is 3.49. The van der Waals surface area contributed by atoms with Crippen molar-refractivity contribution in [1.82, 2.24) is 4.90 Å². The number of ether oxygens (including phenoxy) is 3. The van der Waals surface area contributed by atoms with Crippen LogP contribution in [0, 0.1) is 11.7 Å². The number of hydrogen-bond donors (Lipinski definition) is 0. The molecule has 0 bridgehead atoms. The van der Waals surface area contributed by atoms with Crippen molar-refractivity contribution >= 4 is 12.1 Å². The number of esters is 1. The monoisotopic (exact) mass is 449 g/mol. The van der Waals surface area contributed by atoms with E-state index >= 15 is 0 Å². The van der Waals surface area contributed by atoms with E-state index in [1.54, 1.807) is 31.7 Å². The standard InChI is InChI=1S/C25H36FNO5/c1-24(2,3)31-22(28)19-12-18(17-9-10-17)21(13-20(19)26)30-15-16-8-7-11-27(14-16)23(29)32-25(4,5)6/h12-13,16-17H,7-11,14-15H2,1-6H3. The summed E-state index contributed by atoms with van der Waals surface area (Å²) >= 11 is 0. The predicted octanol–water partition coefficient (Wildman–Crippen LogP) is 5.68. The molecular weight excluding hydrogens is 413 g/mol. The lowest BCUT2D eigenvalue weighted by Gasteiger charge is -2.34. The molecule has 1 aliphatic heterocycles. The van der Waals surface area contributed by atoms with Gasteiger partial charge in [0.15, 0.2) is 0 Å². The van der Waals surface area contributed by atoms with Gasteiger partial charge in [0.2, 0.25) is 0 Å². The molecule has 1 aromatic carbocycles. The first-order chi connectivity index (χ1) is 14.8. The first-order valence-electron chi connectivity index (χ1n) is 11.5. The van der Waals surface area contributed by atoms with Crippen molar-refractivity contribution in [3.8, 4) is 5.75 Å². The first-order valence-corrected chi connectivity index (χ1v) is 11.5. The number of halogens is 1. The summed E-state index contributed by atoms with van der Waals surface area (Å²) in [4.78, 5) is 26.6. The zero-order valence-electron chi connectivity index (χ0n) is 20.1. The minimum absolute atomic E-state index is 0.0528. The molecule has 2 fully saturated rings. The van der Waals surface area contributed by atoms with Gasteiger partial charge in [-0.15, -0.1) is 0 Å². The molecule has 2 aliphatic rings. The van der Waals surface area contributed by atoms with Crippen LogP contribution >= 0.6 is 0 Å². The summed E-state index contributed by atoms with van der Waals surface area (Å²) in [5.41, 5.74) is -0.429. The molecule has 6 nitrogen and oxygen atoms in total. The Morgan fingerprint density at radius 2 is 1.69 bits per heavy atom. The van der Waals surface area contributed by atoms with Gasteiger partial charge in [-0.3, -0.25) is 0 Å². The van der Waals surface area contributed by atoms with E-state index in [9.17, 15) is 14.0 Å². The van der Waals surface area contributed by atoms with Gasteiger partial charge >= 0.3 is 12.1 Å². The van der Waals surface area contributed by atoms with Crippen LogP contribution in [0.15, 0.2) is 12.1 Å². The molecule has 0 radical (unpaired) electrons. The second-order valence-electron chi connectivity index (χ2n) is 10.9. The molecule has 0 N–H and O–H groups in total. The van der Waals surface area contributed by atoms with E-state index in [1.807, 2.05) is 20.8 Å². The molecule has 1 aliphatic carbocycles. The summed E-state index contributed by atoms with van der Waals surface area (Å²) in [6.07, 6.45) is 3.47. The van der Waals surface area contributed by atoms with Gasteiger partial charge in [0.1, 0.15) is 22.8 Å². The van der Waals surface area contributed by atoms with Crippen molar-refractivity contribution in [2.24, 2.45) is 5.92 Å². The van der Waals surface area contributed by atoms with Crippen molar-refractivity contribution in [1.29, 1.82) is 0 Å². The zero-order valence-corrected chi connectivity index (χ0v) is 20.1. The zero-order chi connectivity index (χ0) is 23.7. The van der Waals surface area contributed by atoms with Gasteiger partial charge in [-0.25, -0.2) is 14.0 Å². The molecule has 7 heteroatoms. The molecular formula is C25H36FNO5. The van der Waals surface area contributed by atoms with E-state index in [0.29, 0.717) is 25.4 Å². The van der Waals surface area contributed by atoms with Gasteiger partial charge < -0.3 is 19.1 Å². The van der Waals surface area contributed by atoms with Gasteiger partial charge in [0.25, 0.3) is 0 Å². The van der Waals surface area contributed by atoms with Gasteiger partial charge in [-0.2, -0.15) is 0 Å². The fourth-order valence-electron chi connectivity index (χ4n) is 3.80. The first kappa shape index (κ1) is 24.3. The number of carbonyl (C=O) groups excluding carboxylic acids is 2. The highest BCUT2D eigenvalue weighted by molar-refractivity contribution is 5.90. The van der Waals surface area contributed by atoms with Crippen molar-refractivity contribution < 1.29 is 28.2 Å². The third kappa shape index (κ3) is 6.84. The minimum Gasteiger partial charge on any atom is -0.493 e. The lowest BCUT2D eigenvalue weighted by atomic mass is 9.99. The lowest BCUT2D eigenvalue weighted by molar-refractivity contribution is 0.00635. The van der Waals surface area contributed by atoms with Crippen LogP contribution in [0.1, 0.15) is 89.1 Å². The Morgan fingerprint density at radius 1 is 1.03 bits per heavy atom. The Balaban J connectivity index is 1.67. The molecule has 178 valence electrons. The molecule has 1 saturated carbocycles. The third-order valence-corrected chi connectivity index (χ3v) is 5.38. The van der Waals surface area contributed by atoms with Gasteiger partial charge in [-0.05, 0) is 84.8 Å². The quantitative estimate of drug-likeness (QED) is 0.541. The van der Waals surface area contributed by atoms with E-state index < -0.39 is 23.0 Å². The number of amides is 1. The second-order valence-corrected chi connectivity index (χ2v) is 10.9. The highest BCUT2D eigenvalue weighted by atomic mass is 19.1. The van der Waals surface area contributed by atoms with E-state index in [-0.39, 0.29) is 23.5 Å². The Bertz CT molecular complexity index is 851. The van der Waals surface area contributed by atoms with E-state index in [0.717, 1.165) is 31.2 Å². The topological polar surface area (TPSA) is 65.1 Å². The van der Waals surface area contributed by atoms with Crippen LogP contribution in [0.2, 0.25) is 0 Å². The third-order valence-electron chi connectivity index (χ3n) is 5.38. The molecule has 1 saturated heterocycles. The number of carbonyl (C=O) groups is 2. The lowest BCUT2D eigenvalue weighted by Crippen LogP contribution is -2.44. The molecule has 0 spiro atoms. The summed E-state index contributed by atoms with van der Waals surface area (Å²) in [5, 5.41) is 0. The van der Waals surface area contributed by atoms with Crippen molar-refractivity contribution in [2.45, 2.75) is 84.3 Å². The molecule has 1 atom stereocenters. The Hall–Kier alpha value is -2.31. The molecule has 0 aromatic heterocycles. The van der Waals surface area contributed by atoms with Crippen LogP contribution < -0.4 is 4.74 Å². The van der Waals surface area contributed by atoms with E-state index in [1.165, 1.54) is 6.07 Å². The smallest absolute Gasteiger partial charge is 0.410 e. The molecule has 32 heavy (non-hydrogen) atoms. The van der Waals surface area contributed by atoms with Crippen LogP contribution in [0.3, 0.4) is 0 Å². The van der Waals surface area contributed by atoms with Crippen molar-refractivity contribution in [2.75, 3.05) is 19.7 Å². The highest BCUT2D eigenvalue weighted by Crippen LogP contribution is 2.45. The number of likely N-dealkylation sites (tertiary alicyclic amines) is 1. The van der Waals surface area contributed by atoms with Crippen LogP contribution in [0.5, 0.6) is 5.75 Å². The van der Waals surface area contributed by atoms with Gasteiger partial charge in [0.05, 0.1) is 12.2 Å². The summed E-state index contributed by atoms with van der Waals surface area (Å²) in [6, 6.07) is 2.89. The fourth-order valence-corrected chi connectivity index (χ4v) is 3.80. The molecule has 1 unspecified atom stereocenters. The number of hydrogen-bond acceptors (Lipinski definition) is 5. The fraction of sp³-hybridized carbons (Fsp3) is 0.680. The van der Waals surface area contributed by atoms with Gasteiger partial charge in [0, 0.05) is 25.1 Å². The van der Waals surface area contributed by atoms with E-state index in [2.05, 4.69) is 0 Å². The van der Waals surface area contributed by atoms with Crippen LogP contribution in [-0.4, -0.2) is 47.9 Å². The minimum atomic E-state index is -0.695. The Morgan fingerprint density at radius 3 is 2.28 bits per heavy atom. The predicted molar refractivity (Wildman–Crippen MR) is 120 cm³/mol. The highest BCUT2D eigenvalue weighted by Gasteiger charge is 2.32. The molecule has 1 aromatic rings. The summed E-state index contributed by atoms with van der Waals surface area (Å²) in [7, 11) is 0. The maximum Gasteiger partial charge on any atom is 0.410 e. The van der Waals surface area contributed by atoms with Crippen LogP contribution in [-0.2, 0) is 9.47 Å². The molecule has 1 heterocycles. The van der Waals surface area contributed by atoms with Crippen LogP contribution in [0.25, 0.3) is 0 Å². The number of piperidine rings is 1.